The lowest BCUT2D eigenvalue weighted by molar-refractivity contribution is -0.124. The summed E-state index contributed by atoms with van der Waals surface area (Å²) in [6, 6.07) is -0.319. The third-order valence-electron chi connectivity index (χ3n) is 4.53. The molecule has 1 amide bonds. The highest BCUT2D eigenvalue weighted by Gasteiger charge is 2.36. The zero-order chi connectivity index (χ0) is 15.5. The van der Waals surface area contributed by atoms with Crippen molar-refractivity contribution < 1.29 is 18.3 Å². The molecule has 3 atom stereocenters. The molecule has 0 spiro atoms. The standard InChI is InChI=1S/C14H26N2O4S/c1-11-3-2-4-14(8-11,10-17)16-13(18)7-12-9-21(19,20)6-5-15-12/h11-12,15,17H,2-10H2,1H3,(H,16,18). The van der Waals surface area contributed by atoms with E-state index in [9.17, 15) is 18.3 Å². The van der Waals surface area contributed by atoms with Gasteiger partial charge in [0.1, 0.15) is 0 Å². The summed E-state index contributed by atoms with van der Waals surface area (Å²) in [5.41, 5.74) is -0.526. The van der Waals surface area contributed by atoms with Gasteiger partial charge in [-0.15, -0.1) is 0 Å². The highest BCUT2D eigenvalue weighted by molar-refractivity contribution is 7.91. The number of sulfone groups is 1. The number of amides is 1. The quantitative estimate of drug-likeness (QED) is 0.668. The summed E-state index contributed by atoms with van der Waals surface area (Å²) >= 11 is 0. The molecule has 122 valence electrons. The topological polar surface area (TPSA) is 95.5 Å². The van der Waals surface area contributed by atoms with Gasteiger partial charge in [-0.1, -0.05) is 19.8 Å². The molecule has 21 heavy (non-hydrogen) atoms. The minimum atomic E-state index is -3.03. The van der Waals surface area contributed by atoms with Crippen LogP contribution in [-0.2, 0) is 14.6 Å². The average Bonchev–Trinajstić information content (AvgIpc) is 2.37. The molecule has 1 saturated carbocycles. The number of aliphatic hydroxyl groups excluding tert-OH is 1. The summed E-state index contributed by atoms with van der Waals surface area (Å²) in [6.07, 6.45) is 3.84. The molecule has 0 aromatic carbocycles. The smallest absolute Gasteiger partial charge is 0.222 e. The fourth-order valence-electron chi connectivity index (χ4n) is 3.53. The van der Waals surface area contributed by atoms with E-state index in [4.69, 9.17) is 0 Å². The maximum absolute atomic E-state index is 12.2. The minimum absolute atomic E-state index is 0.0168. The highest BCUT2D eigenvalue weighted by atomic mass is 32.2. The molecular formula is C14H26N2O4S. The first-order valence-electron chi connectivity index (χ1n) is 7.70. The van der Waals surface area contributed by atoms with Gasteiger partial charge in [0.05, 0.1) is 23.7 Å². The van der Waals surface area contributed by atoms with Gasteiger partial charge in [-0.3, -0.25) is 4.79 Å². The monoisotopic (exact) mass is 318 g/mol. The first-order valence-corrected chi connectivity index (χ1v) is 9.52. The van der Waals surface area contributed by atoms with Gasteiger partial charge in [-0.05, 0) is 18.8 Å². The second-order valence-electron chi connectivity index (χ2n) is 6.66. The Morgan fingerprint density at radius 1 is 1.48 bits per heavy atom. The molecule has 6 nitrogen and oxygen atoms in total. The Morgan fingerprint density at radius 2 is 2.24 bits per heavy atom. The molecule has 2 rings (SSSR count). The number of carbonyl (C=O) groups is 1. The predicted molar refractivity (Wildman–Crippen MR) is 80.7 cm³/mol. The number of rotatable bonds is 4. The Labute approximate surface area is 126 Å². The van der Waals surface area contributed by atoms with Gasteiger partial charge in [0.25, 0.3) is 0 Å². The van der Waals surface area contributed by atoms with Crippen molar-refractivity contribution in [1.82, 2.24) is 10.6 Å². The van der Waals surface area contributed by atoms with E-state index in [0.29, 0.717) is 12.5 Å². The molecule has 0 aromatic rings. The molecular weight excluding hydrogens is 292 g/mol. The molecule has 0 radical (unpaired) electrons. The normalized spacial score (nSPS) is 36.1. The second-order valence-corrected chi connectivity index (χ2v) is 8.89. The maximum Gasteiger partial charge on any atom is 0.222 e. The van der Waals surface area contributed by atoms with Crippen molar-refractivity contribution in [3.05, 3.63) is 0 Å². The van der Waals surface area contributed by atoms with Crippen LogP contribution in [0.5, 0.6) is 0 Å². The molecule has 1 aliphatic carbocycles. The maximum atomic E-state index is 12.2. The van der Waals surface area contributed by atoms with E-state index in [1.165, 1.54) is 0 Å². The molecule has 7 heteroatoms. The van der Waals surface area contributed by atoms with Crippen molar-refractivity contribution in [2.24, 2.45) is 5.92 Å². The summed E-state index contributed by atoms with van der Waals surface area (Å²) in [5.74, 6) is 0.471. The zero-order valence-electron chi connectivity index (χ0n) is 12.6. The second kappa shape index (κ2) is 6.62. The number of hydrogen-bond acceptors (Lipinski definition) is 5. The Balaban J connectivity index is 1.91. The predicted octanol–water partition coefficient (Wildman–Crippen LogP) is -0.179. The van der Waals surface area contributed by atoms with E-state index in [1.807, 2.05) is 0 Å². The Kier molecular flexibility index (Phi) is 5.27. The molecule has 1 heterocycles. The van der Waals surface area contributed by atoms with Crippen LogP contribution in [0.3, 0.4) is 0 Å². The third-order valence-corrected chi connectivity index (χ3v) is 6.27. The lowest BCUT2D eigenvalue weighted by Gasteiger charge is -2.39. The summed E-state index contributed by atoms with van der Waals surface area (Å²) in [4.78, 5) is 12.2. The van der Waals surface area contributed by atoms with Crippen LogP contribution in [0, 0.1) is 5.92 Å². The first-order chi connectivity index (χ1) is 9.84. The van der Waals surface area contributed by atoms with Crippen LogP contribution < -0.4 is 10.6 Å². The number of carbonyl (C=O) groups excluding carboxylic acids is 1. The van der Waals surface area contributed by atoms with E-state index in [-0.39, 0.29) is 36.5 Å². The van der Waals surface area contributed by atoms with Crippen LogP contribution in [-0.4, -0.2) is 55.7 Å². The average molecular weight is 318 g/mol. The summed E-state index contributed by atoms with van der Waals surface area (Å²) < 4.78 is 23.2. The van der Waals surface area contributed by atoms with E-state index in [0.717, 1.165) is 25.7 Å². The molecule has 1 aliphatic heterocycles. The lowest BCUT2D eigenvalue weighted by atomic mass is 9.76. The molecule has 3 N–H and O–H groups in total. The van der Waals surface area contributed by atoms with Gasteiger partial charge < -0.3 is 15.7 Å². The van der Waals surface area contributed by atoms with Crippen molar-refractivity contribution >= 4 is 15.7 Å². The SMILES string of the molecule is CC1CCCC(CO)(NC(=O)CC2CS(=O)(=O)CCN2)C1. The van der Waals surface area contributed by atoms with Crippen LogP contribution in [0.2, 0.25) is 0 Å². The summed E-state index contributed by atoms with van der Waals surface area (Å²) in [7, 11) is -3.03. The van der Waals surface area contributed by atoms with Crippen LogP contribution in [0.15, 0.2) is 0 Å². The van der Waals surface area contributed by atoms with Crippen LogP contribution in [0.25, 0.3) is 0 Å². The molecule has 0 aromatic heterocycles. The summed E-state index contributed by atoms with van der Waals surface area (Å²) in [5, 5.41) is 15.7. The van der Waals surface area contributed by atoms with E-state index in [1.54, 1.807) is 0 Å². The zero-order valence-corrected chi connectivity index (χ0v) is 13.4. The molecule has 3 unspecified atom stereocenters. The Hall–Kier alpha value is -0.660. The molecule has 2 aliphatic rings. The highest BCUT2D eigenvalue weighted by Crippen LogP contribution is 2.32. The van der Waals surface area contributed by atoms with Gasteiger partial charge in [0.2, 0.25) is 5.91 Å². The Morgan fingerprint density at radius 3 is 2.86 bits per heavy atom. The van der Waals surface area contributed by atoms with Gasteiger partial charge in [-0.2, -0.15) is 0 Å². The molecule has 0 bridgehead atoms. The van der Waals surface area contributed by atoms with Crippen LogP contribution in [0.1, 0.15) is 39.0 Å². The van der Waals surface area contributed by atoms with E-state index < -0.39 is 15.4 Å². The lowest BCUT2D eigenvalue weighted by Crippen LogP contribution is -2.55. The largest absolute Gasteiger partial charge is 0.394 e. The third kappa shape index (κ3) is 4.66. The van der Waals surface area contributed by atoms with Crippen LogP contribution in [0.4, 0.5) is 0 Å². The minimum Gasteiger partial charge on any atom is -0.394 e. The Bertz CT molecular complexity index is 479. The number of nitrogens with one attached hydrogen (secondary N) is 2. The van der Waals surface area contributed by atoms with Crippen molar-refractivity contribution in [2.75, 3.05) is 24.7 Å². The fraction of sp³-hybridized carbons (Fsp3) is 0.929. The van der Waals surface area contributed by atoms with Gasteiger partial charge >= 0.3 is 0 Å². The van der Waals surface area contributed by atoms with Gasteiger partial charge in [0.15, 0.2) is 9.84 Å². The van der Waals surface area contributed by atoms with E-state index >= 15 is 0 Å². The van der Waals surface area contributed by atoms with Crippen molar-refractivity contribution in [3.8, 4) is 0 Å². The van der Waals surface area contributed by atoms with Crippen LogP contribution >= 0.6 is 0 Å². The molecule has 2 fully saturated rings. The summed E-state index contributed by atoms with van der Waals surface area (Å²) in [6.45, 7) is 2.48. The van der Waals surface area contributed by atoms with Gasteiger partial charge in [-0.25, -0.2) is 8.42 Å². The van der Waals surface area contributed by atoms with Crippen molar-refractivity contribution in [2.45, 2.75) is 50.6 Å². The van der Waals surface area contributed by atoms with Gasteiger partial charge in [0, 0.05) is 19.0 Å². The first kappa shape index (κ1) is 16.7. The molecule has 1 saturated heterocycles. The number of aliphatic hydroxyl groups is 1. The van der Waals surface area contributed by atoms with Crippen molar-refractivity contribution in [1.29, 1.82) is 0 Å². The van der Waals surface area contributed by atoms with E-state index in [2.05, 4.69) is 17.6 Å². The fourth-order valence-corrected chi connectivity index (χ4v) is 4.97. The van der Waals surface area contributed by atoms with Crippen molar-refractivity contribution in [3.63, 3.8) is 0 Å². The number of hydrogen-bond donors (Lipinski definition) is 3.